The molecule has 2 unspecified atom stereocenters. The van der Waals surface area contributed by atoms with Crippen molar-refractivity contribution in [3.05, 3.63) is 11.6 Å². The van der Waals surface area contributed by atoms with Crippen LogP contribution in [-0.4, -0.2) is 36.1 Å². The van der Waals surface area contributed by atoms with Gasteiger partial charge in [-0.25, -0.2) is 0 Å². The van der Waals surface area contributed by atoms with Crippen molar-refractivity contribution in [1.29, 1.82) is 0 Å². The Morgan fingerprint density at radius 1 is 1.50 bits per heavy atom. The van der Waals surface area contributed by atoms with Crippen LogP contribution in [0.15, 0.2) is 11.6 Å². The molecule has 0 radical (unpaired) electrons. The van der Waals surface area contributed by atoms with Crippen LogP contribution in [0.3, 0.4) is 0 Å². The molecule has 1 N–H and O–H groups in total. The van der Waals surface area contributed by atoms with Gasteiger partial charge < -0.3 is 5.32 Å². The first-order valence-electron chi connectivity index (χ1n) is 6.44. The first-order valence-corrected chi connectivity index (χ1v) is 6.87. The summed E-state index contributed by atoms with van der Waals surface area (Å²) < 4.78 is 0. The van der Waals surface area contributed by atoms with Crippen LogP contribution in [0.5, 0.6) is 0 Å². The van der Waals surface area contributed by atoms with Gasteiger partial charge in [0.15, 0.2) is 0 Å². The molecule has 0 amide bonds. The second-order valence-electron chi connectivity index (χ2n) is 5.43. The van der Waals surface area contributed by atoms with E-state index in [9.17, 15) is 0 Å². The number of hydrogen-bond acceptors (Lipinski definition) is 2. The molecule has 92 valence electrons. The van der Waals surface area contributed by atoms with Crippen molar-refractivity contribution in [2.24, 2.45) is 5.92 Å². The lowest BCUT2D eigenvalue weighted by Crippen LogP contribution is -2.63. The highest BCUT2D eigenvalue weighted by Crippen LogP contribution is 2.41. The van der Waals surface area contributed by atoms with Crippen molar-refractivity contribution in [2.45, 2.75) is 44.7 Å². The lowest BCUT2D eigenvalue weighted by atomic mass is 9.90. The Hall–Kier alpha value is -0.0500. The monoisotopic (exact) mass is 242 g/mol. The quantitative estimate of drug-likeness (QED) is 0.815. The van der Waals surface area contributed by atoms with Gasteiger partial charge in [-0.1, -0.05) is 24.6 Å². The normalized spacial score (nSPS) is 37.1. The minimum Gasteiger partial charge on any atom is -0.308 e. The zero-order valence-electron chi connectivity index (χ0n) is 10.4. The maximum atomic E-state index is 5.63. The Bertz CT molecular complexity index is 263. The lowest BCUT2D eigenvalue weighted by Gasteiger charge is -2.46. The third-order valence-electron chi connectivity index (χ3n) is 4.17. The molecule has 3 heteroatoms. The average molecular weight is 243 g/mol. The molecule has 1 saturated heterocycles. The Kier molecular flexibility index (Phi) is 3.93. The zero-order valence-corrected chi connectivity index (χ0v) is 11.1. The fraction of sp³-hybridized carbons (Fsp3) is 0.846. The van der Waals surface area contributed by atoms with E-state index >= 15 is 0 Å². The molecule has 2 atom stereocenters. The minimum absolute atomic E-state index is 0.339. The van der Waals surface area contributed by atoms with Crippen LogP contribution in [0, 0.1) is 5.92 Å². The van der Waals surface area contributed by atoms with Gasteiger partial charge in [-0.05, 0) is 32.1 Å². The molecule has 0 aromatic carbocycles. The van der Waals surface area contributed by atoms with E-state index in [-0.39, 0.29) is 0 Å². The van der Waals surface area contributed by atoms with Crippen LogP contribution >= 0.6 is 11.6 Å². The Balaban J connectivity index is 1.99. The molecule has 2 fully saturated rings. The molecule has 0 aromatic heterocycles. The summed E-state index contributed by atoms with van der Waals surface area (Å²) in [5, 5.41) is 3.77. The van der Waals surface area contributed by atoms with Gasteiger partial charge in [-0.2, -0.15) is 0 Å². The van der Waals surface area contributed by atoms with Gasteiger partial charge in [-0.3, -0.25) is 4.90 Å². The third kappa shape index (κ3) is 2.61. The van der Waals surface area contributed by atoms with E-state index in [1.54, 1.807) is 5.54 Å². The lowest BCUT2D eigenvalue weighted by molar-refractivity contribution is 0.0835. The van der Waals surface area contributed by atoms with Crippen LogP contribution < -0.4 is 5.32 Å². The molecule has 0 bridgehead atoms. The van der Waals surface area contributed by atoms with Crippen molar-refractivity contribution in [3.63, 3.8) is 0 Å². The fourth-order valence-electron chi connectivity index (χ4n) is 2.87. The summed E-state index contributed by atoms with van der Waals surface area (Å²) in [4.78, 5) is 2.58. The van der Waals surface area contributed by atoms with Gasteiger partial charge in [0.05, 0.1) is 0 Å². The van der Waals surface area contributed by atoms with Gasteiger partial charge in [0.1, 0.15) is 0 Å². The van der Waals surface area contributed by atoms with Crippen LogP contribution in [0.4, 0.5) is 0 Å². The predicted molar refractivity (Wildman–Crippen MR) is 69.8 cm³/mol. The highest BCUT2D eigenvalue weighted by molar-refractivity contribution is 6.25. The second kappa shape index (κ2) is 5.07. The highest BCUT2D eigenvalue weighted by Gasteiger charge is 2.45. The van der Waals surface area contributed by atoms with Crippen LogP contribution in [0.25, 0.3) is 0 Å². The summed E-state index contributed by atoms with van der Waals surface area (Å²) >= 11 is 5.63. The number of nitrogens with one attached hydrogen (secondary N) is 1. The maximum Gasteiger partial charge on any atom is 0.0309 e. The minimum atomic E-state index is 0.339. The molecule has 16 heavy (non-hydrogen) atoms. The third-order valence-corrected chi connectivity index (χ3v) is 4.35. The predicted octanol–water partition coefficient (Wildman–Crippen LogP) is 2.59. The Morgan fingerprint density at radius 3 is 2.81 bits per heavy atom. The van der Waals surface area contributed by atoms with Crippen LogP contribution in [0.2, 0.25) is 0 Å². The zero-order chi connectivity index (χ0) is 11.6. The summed E-state index contributed by atoms with van der Waals surface area (Å²) in [6.07, 6.45) is 6.08. The summed E-state index contributed by atoms with van der Waals surface area (Å²) in [5.41, 5.74) is 1.98. The summed E-state index contributed by atoms with van der Waals surface area (Å²) in [5.74, 6) is 0.896. The van der Waals surface area contributed by atoms with Crippen molar-refractivity contribution >= 4 is 11.6 Å². The van der Waals surface area contributed by atoms with E-state index in [2.05, 4.69) is 30.1 Å². The number of nitrogens with zero attached hydrogens (tertiary/aromatic N) is 1. The van der Waals surface area contributed by atoms with Crippen LogP contribution in [-0.2, 0) is 0 Å². The van der Waals surface area contributed by atoms with Gasteiger partial charge in [-0.15, -0.1) is 0 Å². The van der Waals surface area contributed by atoms with Gasteiger partial charge in [0, 0.05) is 36.8 Å². The first kappa shape index (κ1) is 12.4. The van der Waals surface area contributed by atoms with Crippen molar-refractivity contribution in [1.82, 2.24) is 10.2 Å². The first-order chi connectivity index (χ1) is 7.69. The maximum absolute atomic E-state index is 5.63. The molecule has 0 spiro atoms. The molecule has 1 aliphatic carbocycles. The van der Waals surface area contributed by atoms with Crippen molar-refractivity contribution < 1.29 is 0 Å². The van der Waals surface area contributed by atoms with Crippen molar-refractivity contribution in [3.8, 4) is 0 Å². The standard InChI is InChI=1S/C13H23ClN2/c1-3-12-9-15-13(2,11-5-6-11)10-16(12)8-4-7-14/h4,7,11-12,15H,3,5-6,8-10H2,1-2H3/b7-4+. The van der Waals surface area contributed by atoms with Gasteiger partial charge >= 0.3 is 0 Å². The average Bonchev–Trinajstić information content (AvgIpc) is 3.10. The second-order valence-corrected chi connectivity index (χ2v) is 5.68. The molecule has 1 heterocycles. The van der Waals surface area contributed by atoms with Gasteiger partial charge in [0.2, 0.25) is 0 Å². The molecule has 1 saturated carbocycles. The summed E-state index contributed by atoms with van der Waals surface area (Å²) in [7, 11) is 0. The van der Waals surface area contributed by atoms with E-state index in [4.69, 9.17) is 11.6 Å². The molecular formula is C13H23ClN2. The topological polar surface area (TPSA) is 15.3 Å². The van der Waals surface area contributed by atoms with E-state index in [1.165, 1.54) is 19.3 Å². The van der Waals surface area contributed by atoms with Crippen LogP contribution in [0.1, 0.15) is 33.1 Å². The van der Waals surface area contributed by atoms with E-state index < -0.39 is 0 Å². The van der Waals surface area contributed by atoms with E-state index in [0.717, 1.165) is 25.6 Å². The molecule has 2 rings (SSSR count). The van der Waals surface area contributed by atoms with Crippen molar-refractivity contribution in [2.75, 3.05) is 19.6 Å². The molecule has 2 nitrogen and oxygen atoms in total. The molecular weight excluding hydrogens is 220 g/mol. The van der Waals surface area contributed by atoms with Gasteiger partial charge in [0.25, 0.3) is 0 Å². The SMILES string of the molecule is CCC1CNC(C)(C2CC2)CN1C/C=C/Cl. The number of hydrogen-bond donors (Lipinski definition) is 1. The largest absolute Gasteiger partial charge is 0.308 e. The smallest absolute Gasteiger partial charge is 0.0309 e. The Labute approximate surface area is 104 Å². The van der Waals surface area contributed by atoms with E-state index in [0.29, 0.717) is 11.6 Å². The molecule has 0 aromatic rings. The number of piperazine rings is 1. The molecule has 2 aliphatic rings. The summed E-state index contributed by atoms with van der Waals surface area (Å²) in [6.45, 7) is 7.93. The highest BCUT2D eigenvalue weighted by atomic mass is 35.5. The fourth-order valence-corrected chi connectivity index (χ4v) is 2.95. The Morgan fingerprint density at radius 2 is 2.25 bits per heavy atom. The molecule has 1 aliphatic heterocycles. The summed E-state index contributed by atoms with van der Waals surface area (Å²) in [6, 6.07) is 0.666. The number of rotatable bonds is 4. The number of halogens is 1. The van der Waals surface area contributed by atoms with E-state index in [1.807, 2.05) is 0 Å².